The van der Waals surface area contributed by atoms with Crippen LogP contribution in [0.5, 0.6) is 0 Å². The largest absolute Gasteiger partial charge is 0.341 e. The molecule has 0 spiro atoms. The minimum Gasteiger partial charge on any atom is -0.341 e. The van der Waals surface area contributed by atoms with Crippen LogP contribution in [0.15, 0.2) is 15.8 Å². The zero-order valence-electron chi connectivity index (χ0n) is 16.9. The molecule has 4 rings (SSSR count). The number of hydrogen-bond acceptors (Lipinski definition) is 4. The molecule has 7 heteroatoms. The molecule has 0 unspecified atom stereocenters. The van der Waals surface area contributed by atoms with Gasteiger partial charge in [0.05, 0.1) is 0 Å². The highest BCUT2D eigenvalue weighted by Gasteiger charge is 2.32. The number of amides is 1. The maximum atomic E-state index is 12.6. The molecule has 2 saturated heterocycles. The van der Waals surface area contributed by atoms with Crippen molar-refractivity contribution in [2.45, 2.75) is 52.0 Å². The number of aromatic nitrogens is 2. The van der Waals surface area contributed by atoms with E-state index in [1.54, 1.807) is 6.92 Å². The van der Waals surface area contributed by atoms with Gasteiger partial charge in [-0.2, -0.15) is 0 Å². The first-order valence-electron chi connectivity index (χ1n) is 10.8. The van der Waals surface area contributed by atoms with E-state index in [4.69, 9.17) is 0 Å². The van der Waals surface area contributed by atoms with Gasteiger partial charge >= 0.3 is 5.69 Å². The van der Waals surface area contributed by atoms with Crippen LogP contribution in [0.4, 0.5) is 0 Å². The van der Waals surface area contributed by atoms with Crippen LogP contribution in [-0.4, -0.2) is 58.0 Å². The lowest BCUT2D eigenvalue weighted by atomic mass is 9.78. The molecule has 0 radical (unpaired) electrons. The van der Waals surface area contributed by atoms with Crippen molar-refractivity contribution >= 4 is 5.91 Å². The Hall–Kier alpha value is -1.89. The molecule has 154 valence electrons. The molecule has 0 atom stereocenters. The standard InChI is InChI=1S/C21H32N4O3/c1-15-12-25(21(28)22-20(15)27)14-19(26)24-10-6-18(7-11-24)17-4-8-23(9-5-17)13-16-2-3-16/h12,16-18H,2-11,13-14H2,1H3,(H,22,27,28). The van der Waals surface area contributed by atoms with Crippen molar-refractivity contribution in [3.63, 3.8) is 0 Å². The van der Waals surface area contributed by atoms with E-state index in [-0.39, 0.29) is 12.5 Å². The first kappa shape index (κ1) is 19.4. The fourth-order valence-electron chi connectivity index (χ4n) is 4.87. The number of nitrogens with one attached hydrogen (secondary N) is 1. The van der Waals surface area contributed by atoms with Crippen LogP contribution >= 0.6 is 0 Å². The fourth-order valence-corrected chi connectivity index (χ4v) is 4.87. The SMILES string of the molecule is Cc1cn(CC(=O)N2CCC(C3CCN(CC4CC4)CC3)CC2)c(=O)[nH]c1=O. The van der Waals surface area contributed by atoms with Crippen molar-refractivity contribution in [3.8, 4) is 0 Å². The number of nitrogens with zero attached hydrogens (tertiary/aromatic N) is 3. The summed E-state index contributed by atoms with van der Waals surface area (Å²) in [4.78, 5) is 42.8. The minimum absolute atomic E-state index is 0.000670. The van der Waals surface area contributed by atoms with Crippen LogP contribution < -0.4 is 11.2 Å². The monoisotopic (exact) mass is 388 g/mol. The number of carbonyl (C=O) groups excluding carboxylic acids is 1. The summed E-state index contributed by atoms with van der Waals surface area (Å²) < 4.78 is 1.31. The van der Waals surface area contributed by atoms with Gasteiger partial charge in [-0.25, -0.2) is 4.79 Å². The average molecular weight is 389 g/mol. The summed E-state index contributed by atoms with van der Waals surface area (Å²) in [5.41, 5.74) is -0.464. The number of H-pyrrole nitrogens is 1. The van der Waals surface area contributed by atoms with Gasteiger partial charge in [0.25, 0.3) is 5.56 Å². The van der Waals surface area contributed by atoms with Crippen molar-refractivity contribution in [2.75, 3.05) is 32.7 Å². The molecule has 3 heterocycles. The molecule has 28 heavy (non-hydrogen) atoms. The Kier molecular flexibility index (Phi) is 5.71. The Labute approximate surface area is 165 Å². The highest BCUT2D eigenvalue weighted by Crippen LogP contribution is 2.35. The van der Waals surface area contributed by atoms with Gasteiger partial charge in [0.15, 0.2) is 0 Å². The van der Waals surface area contributed by atoms with Crippen molar-refractivity contribution < 1.29 is 4.79 Å². The van der Waals surface area contributed by atoms with Crippen molar-refractivity contribution in [3.05, 3.63) is 32.6 Å². The number of aromatic amines is 1. The molecule has 1 amide bonds. The molecule has 2 aliphatic heterocycles. The predicted molar refractivity (Wildman–Crippen MR) is 107 cm³/mol. The highest BCUT2D eigenvalue weighted by atomic mass is 16.2. The lowest BCUT2D eigenvalue weighted by Crippen LogP contribution is -2.45. The summed E-state index contributed by atoms with van der Waals surface area (Å²) in [5.74, 6) is 2.47. The second-order valence-electron chi connectivity index (χ2n) is 9.00. The lowest BCUT2D eigenvalue weighted by Gasteiger charge is -2.40. The number of rotatable bonds is 5. The summed E-state index contributed by atoms with van der Waals surface area (Å²) in [5, 5.41) is 0. The minimum atomic E-state index is -0.517. The molecule has 1 aromatic rings. The van der Waals surface area contributed by atoms with Gasteiger partial charge in [-0.15, -0.1) is 0 Å². The van der Waals surface area contributed by atoms with E-state index in [1.807, 2.05) is 4.90 Å². The van der Waals surface area contributed by atoms with Crippen LogP contribution in [0.1, 0.15) is 44.1 Å². The van der Waals surface area contributed by atoms with Gasteiger partial charge in [0.1, 0.15) is 6.54 Å². The van der Waals surface area contributed by atoms with E-state index in [2.05, 4.69) is 9.88 Å². The van der Waals surface area contributed by atoms with E-state index in [0.717, 1.165) is 43.7 Å². The van der Waals surface area contributed by atoms with E-state index >= 15 is 0 Å². The third-order valence-corrected chi connectivity index (χ3v) is 6.90. The summed E-state index contributed by atoms with van der Waals surface area (Å²) in [7, 11) is 0. The molecular formula is C21H32N4O3. The lowest BCUT2D eigenvalue weighted by molar-refractivity contribution is -0.133. The summed E-state index contributed by atoms with van der Waals surface area (Å²) in [6.07, 6.45) is 9.07. The Morgan fingerprint density at radius 3 is 2.21 bits per heavy atom. The van der Waals surface area contributed by atoms with E-state index < -0.39 is 11.2 Å². The molecular weight excluding hydrogens is 356 g/mol. The number of piperidine rings is 2. The molecule has 1 saturated carbocycles. The van der Waals surface area contributed by atoms with E-state index in [0.29, 0.717) is 5.56 Å². The maximum Gasteiger partial charge on any atom is 0.328 e. The second kappa shape index (κ2) is 8.23. The number of aryl methyl sites for hydroxylation is 1. The topological polar surface area (TPSA) is 78.4 Å². The van der Waals surface area contributed by atoms with Crippen LogP contribution in [-0.2, 0) is 11.3 Å². The fraction of sp³-hybridized carbons (Fsp3) is 0.762. The van der Waals surface area contributed by atoms with E-state index in [9.17, 15) is 14.4 Å². The number of carbonyl (C=O) groups is 1. The number of likely N-dealkylation sites (tertiary alicyclic amines) is 2. The normalized spacial score (nSPS) is 22.5. The highest BCUT2D eigenvalue weighted by molar-refractivity contribution is 5.76. The second-order valence-corrected chi connectivity index (χ2v) is 9.00. The van der Waals surface area contributed by atoms with Gasteiger partial charge in [-0.3, -0.25) is 19.1 Å². The Morgan fingerprint density at radius 1 is 1.00 bits per heavy atom. The Morgan fingerprint density at radius 2 is 1.61 bits per heavy atom. The van der Waals surface area contributed by atoms with Gasteiger partial charge in [-0.1, -0.05) is 0 Å². The van der Waals surface area contributed by atoms with Gasteiger partial charge in [0.2, 0.25) is 5.91 Å². The summed E-state index contributed by atoms with van der Waals surface area (Å²) in [6.45, 7) is 7.00. The van der Waals surface area contributed by atoms with Gasteiger partial charge in [0, 0.05) is 31.4 Å². The Bertz CT molecular complexity index is 810. The number of hydrogen-bond donors (Lipinski definition) is 1. The first-order chi connectivity index (χ1) is 13.5. The van der Waals surface area contributed by atoms with Gasteiger partial charge < -0.3 is 9.80 Å². The average Bonchev–Trinajstić information content (AvgIpc) is 3.51. The van der Waals surface area contributed by atoms with Crippen molar-refractivity contribution in [1.29, 1.82) is 0 Å². The first-order valence-corrected chi connectivity index (χ1v) is 10.8. The maximum absolute atomic E-state index is 12.6. The predicted octanol–water partition coefficient (Wildman–Crippen LogP) is 1.21. The van der Waals surface area contributed by atoms with E-state index in [1.165, 1.54) is 56.1 Å². The molecule has 3 aliphatic rings. The van der Waals surface area contributed by atoms with Crippen molar-refractivity contribution in [1.82, 2.24) is 19.4 Å². The molecule has 0 bridgehead atoms. The van der Waals surface area contributed by atoms with Crippen LogP contribution in [0.25, 0.3) is 0 Å². The summed E-state index contributed by atoms with van der Waals surface area (Å²) >= 11 is 0. The van der Waals surface area contributed by atoms with Crippen LogP contribution in [0.2, 0.25) is 0 Å². The third kappa shape index (κ3) is 4.57. The summed E-state index contributed by atoms with van der Waals surface area (Å²) in [6, 6.07) is 0. The smallest absolute Gasteiger partial charge is 0.328 e. The quantitative estimate of drug-likeness (QED) is 0.822. The molecule has 0 aromatic carbocycles. The zero-order chi connectivity index (χ0) is 19.7. The zero-order valence-corrected chi connectivity index (χ0v) is 16.9. The molecule has 1 aromatic heterocycles. The van der Waals surface area contributed by atoms with Gasteiger partial charge in [-0.05, 0) is 76.3 Å². The molecule has 3 fully saturated rings. The van der Waals surface area contributed by atoms with Crippen LogP contribution in [0.3, 0.4) is 0 Å². The molecule has 1 aliphatic carbocycles. The van der Waals surface area contributed by atoms with Crippen molar-refractivity contribution in [2.24, 2.45) is 17.8 Å². The van der Waals surface area contributed by atoms with Crippen LogP contribution in [0, 0.1) is 24.7 Å². The molecule has 1 N–H and O–H groups in total. The third-order valence-electron chi connectivity index (χ3n) is 6.90. The Balaban J connectivity index is 1.25. The molecule has 7 nitrogen and oxygen atoms in total.